The van der Waals surface area contributed by atoms with Crippen LogP contribution in [-0.2, 0) is 31.9 Å². The average molecular weight is 739 g/mol. The van der Waals surface area contributed by atoms with Gasteiger partial charge in [-0.3, -0.25) is 9.59 Å². The maximum atomic E-state index is 13.7. The molecule has 0 radical (unpaired) electrons. The normalized spacial score (nSPS) is 19.1. The van der Waals surface area contributed by atoms with Crippen LogP contribution in [0, 0.1) is 11.8 Å². The molecule has 2 fully saturated rings. The summed E-state index contributed by atoms with van der Waals surface area (Å²) in [4.78, 5) is 72.1. The van der Waals surface area contributed by atoms with Gasteiger partial charge in [0.05, 0.1) is 43.0 Å². The Bertz CT molecular complexity index is 2070. The zero-order chi connectivity index (χ0) is 38.3. The van der Waals surface area contributed by atoms with E-state index >= 15 is 0 Å². The highest BCUT2D eigenvalue weighted by molar-refractivity contribution is 5.88. The van der Waals surface area contributed by atoms with Crippen LogP contribution in [0.3, 0.4) is 0 Å². The summed E-state index contributed by atoms with van der Waals surface area (Å²) in [6, 6.07) is 10.9. The molecule has 4 amide bonds. The van der Waals surface area contributed by atoms with Gasteiger partial charge in [-0.1, -0.05) is 52.0 Å². The molecule has 4 N–H and O–H groups in total. The van der Waals surface area contributed by atoms with Crippen LogP contribution in [-0.4, -0.2) is 93.1 Å². The van der Waals surface area contributed by atoms with Crippen molar-refractivity contribution in [1.29, 1.82) is 0 Å². The monoisotopic (exact) mass is 738 g/mol. The summed E-state index contributed by atoms with van der Waals surface area (Å²) in [6.45, 7) is 8.84. The van der Waals surface area contributed by atoms with Gasteiger partial charge in [0.25, 0.3) is 0 Å². The topological polar surface area (TPSA) is 175 Å². The van der Waals surface area contributed by atoms with E-state index in [0.717, 1.165) is 89.3 Å². The first-order valence-corrected chi connectivity index (χ1v) is 19.0. The summed E-state index contributed by atoms with van der Waals surface area (Å²) in [6.07, 6.45) is 3.71. The van der Waals surface area contributed by atoms with Gasteiger partial charge >= 0.3 is 12.2 Å². The lowest BCUT2D eigenvalue weighted by Crippen LogP contribution is -2.51. The lowest BCUT2D eigenvalue weighted by Gasteiger charge is -2.30. The van der Waals surface area contributed by atoms with Crippen LogP contribution >= 0.6 is 0 Å². The molecular weight excluding hydrogens is 688 g/mol. The first-order chi connectivity index (χ1) is 26.0. The molecule has 7 rings (SSSR count). The number of amides is 4. The van der Waals surface area contributed by atoms with E-state index in [2.05, 4.69) is 50.9 Å². The standard InChI is InChI=1S/C40H50N8O6/c1-21(2)32(45-39(51)53-5)37(49)47-17-7-9-30(47)35-41-27-15-12-24(20-29(27)43-35)23-11-14-26-25(19-23)13-16-28-34(26)44-36(42-28)31-10-8-18-48(31)38(50)33(22(3)4)46-40(52)54-6/h11-12,14-15,19-22,30-33H,7-10,13,16-18H2,1-6H3,(H,41,43)(H,42,44)(H,45,51)(H,46,52)/t30-,31-,32+,33+/m0/s1. The number of imidazole rings is 2. The molecule has 14 heteroatoms. The van der Waals surface area contributed by atoms with Crippen LogP contribution in [0.5, 0.6) is 0 Å². The van der Waals surface area contributed by atoms with Crippen LogP contribution in [0.25, 0.3) is 33.4 Å². The molecule has 54 heavy (non-hydrogen) atoms. The van der Waals surface area contributed by atoms with Crippen molar-refractivity contribution in [1.82, 2.24) is 40.4 Å². The van der Waals surface area contributed by atoms with Gasteiger partial charge in [0, 0.05) is 24.3 Å². The van der Waals surface area contributed by atoms with Gasteiger partial charge in [-0.05, 0) is 79.2 Å². The number of hydrogen-bond donors (Lipinski definition) is 4. The van der Waals surface area contributed by atoms with E-state index in [-0.39, 0.29) is 35.7 Å². The summed E-state index contributed by atoms with van der Waals surface area (Å²) < 4.78 is 9.56. The highest BCUT2D eigenvalue weighted by Gasteiger charge is 2.39. The van der Waals surface area contributed by atoms with Gasteiger partial charge in [0.15, 0.2) is 0 Å². The summed E-state index contributed by atoms with van der Waals surface area (Å²) in [5.74, 6) is 1.05. The molecule has 4 heterocycles. The maximum absolute atomic E-state index is 13.7. The zero-order valence-electron chi connectivity index (χ0n) is 31.8. The van der Waals surface area contributed by atoms with Crippen molar-refractivity contribution < 1.29 is 28.7 Å². The number of hydrogen-bond acceptors (Lipinski definition) is 8. The largest absolute Gasteiger partial charge is 0.453 e. The lowest BCUT2D eigenvalue weighted by atomic mass is 9.89. The number of benzene rings is 2. The van der Waals surface area contributed by atoms with E-state index in [1.54, 1.807) is 0 Å². The zero-order valence-corrected chi connectivity index (χ0v) is 31.8. The number of fused-ring (bicyclic) bond motifs is 4. The number of methoxy groups -OCH3 is 2. The van der Waals surface area contributed by atoms with Crippen LogP contribution in [0.4, 0.5) is 9.59 Å². The number of aryl methyl sites for hydroxylation is 2. The molecule has 14 nitrogen and oxygen atoms in total. The Morgan fingerprint density at radius 2 is 1.30 bits per heavy atom. The summed E-state index contributed by atoms with van der Waals surface area (Å²) in [5.41, 5.74) is 8.16. The Kier molecular flexibility index (Phi) is 10.4. The third kappa shape index (κ3) is 7.01. The number of aromatic nitrogens is 4. The number of H-pyrrole nitrogens is 2. The summed E-state index contributed by atoms with van der Waals surface area (Å²) in [7, 11) is 2.59. The molecule has 1 aliphatic carbocycles. The Morgan fingerprint density at radius 3 is 1.87 bits per heavy atom. The summed E-state index contributed by atoms with van der Waals surface area (Å²) in [5, 5.41) is 5.43. The lowest BCUT2D eigenvalue weighted by molar-refractivity contribution is -0.136. The molecule has 286 valence electrons. The van der Waals surface area contributed by atoms with Crippen molar-refractivity contribution in [2.75, 3.05) is 27.3 Å². The first-order valence-electron chi connectivity index (χ1n) is 19.0. The predicted molar refractivity (Wildman–Crippen MR) is 202 cm³/mol. The Hall–Kier alpha value is -5.40. The van der Waals surface area contributed by atoms with Gasteiger partial charge in [0.1, 0.15) is 23.7 Å². The van der Waals surface area contributed by atoms with Crippen molar-refractivity contribution in [2.24, 2.45) is 11.8 Å². The summed E-state index contributed by atoms with van der Waals surface area (Å²) >= 11 is 0. The SMILES string of the molecule is COC(=O)N[C@@H](C(=O)N1CCC[C@H]1c1nc2c([nH]1)CCc1cc(-c3ccc4nc([C@@H]5CCCN5C(=O)[C@H](NC(=O)OC)C(C)C)[nH]c4c3)ccc1-2)C(C)C. The third-order valence-electron chi connectivity index (χ3n) is 11.1. The molecule has 0 spiro atoms. The molecule has 2 aromatic heterocycles. The van der Waals surface area contributed by atoms with E-state index in [1.165, 1.54) is 19.8 Å². The number of alkyl carbamates (subject to hydrolysis) is 2. The number of rotatable bonds is 9. The molecule has 2 saturated heterocycles. The molecule has 4 atom stereocenters. The number of carbonyl (C=O) groups excluding carboxylic acids is 4. The van der Waals surface area contributed by atoms with E-state index in [9.17, 15) is 19.2 Å². The molecule has 3 aliphatic rings. The van der Waals surface area contributed by atoms with E-state index in [1.807, 2.05) is 43.6 Å². The second kappa shape index (κ2) is 15.2. The minimum absolute atomic E-state index is 0.103. The molecule has 2 aliphatic heterocycles. The molecular formula is C40H50N8O6. The number of nitrogens with zero attached hydrogens (tertiary/aromatic N) is 4. The minimum Gasteiger partial charge on any atom is -0.453 e. The van der Waals surface area contributed by atoms with Crippen molar-refractivity contribution in [3.63, 3.8) is 0 Å². The fourth-order valence-electron chi connectivity index (χ4n) is 8.21. The third-order valence-corrected chi connectivity index (χ3v) is 11.1. The molecule has 0 unspecified atom stereocenters. The van der Waals surface area contributed by atoms with Crippen LogP contribution in [0.15, 0.2) is 36.4 Å². The van der Waals surface area contributed by atoms with Crippen LogP contribution in [0.1, 0.15) is 88.4 Å². The molecule has 0 bridgehead atoms. The Labute approximate surface area is 314 Å². The Balaban J connectivity index is 1.10. The van der Waals surface area contributed by atoms with Gasteiger partial charge < -0.3 is 39.9 Å². The van der Waals surface area contributed by atoms with Crippen molar-refractivity contribution in [3.05, 3.63) is 59.3 Å². The number of likely N-dealkylation sites (tertiary alicyclic amines) is 2. The number of carbonyl (C=O) groups is 4. The molecule has 2 aromatic carbocycles. The number of aromatic amines is 2. The van der Waals surface area contributed by atoms with Gasteiger partial charge in [-0.2, -0.15) is 0 Å². The van der Waals surface area contributed by atoms with Gasteiger partial charge in [-0.25, -0.2) is 19.6 Å². The number of ether oxygens (including phenoxy) is 2. The molecule has 0 saturated carbocycles. The smallest absolute Gasteiger partial charge is 0.407 e. The second-order valence-electron chi connectivity index (χ2n) is 15.3. The first kappa shape index (κ1) is 36.9. The molecule has 4 aromatic rings. The number of nitrogens with one attached hydrogen (secondary N) is 4. The van der Waals surface area contributed by atoms with Crippen LogP contribution in [0.2, 0.25) is 0 Å². The highest BCUT2D eigenvalue weighted by atomic mass is 16.5. The quantitative estimate of drug-likeness (QED) is 0.167. The van der Waals surface area contributed by atoms with Crippen molar-refractivity contribution in [3.8, 4) is 22.4 Å². The second-order valence-corrected chi connectivity index (χ2v) is 15.3. The van der Waals surface area contributed by atoms with Crippen LogP contribution < -0.4 is 10.6 Å². The minimum atomic E-state index is -0.692. The fourth-order valence-corrected chi connectivity index (χ4v) is 8.21. The van der Waals surface area contributed by atoms with Crippen molar-refractivity contribution in [2.45, 2.75) is 90.4 Å². The van der Waals surface area contributed by atoms with E-state index in [0.29, 0.717) is 13.1 Å². The fraction of sp³-hybridized carbons (Fsp3) is 0.500. The predicted octanol–water partition coefficient (Wildman–Crippen LogP) is 5.81. The average Bonchev–Trinajstić information content (AvgIpc) is 3.99. The van der Waals surface area contributed by atoms with E-state index < -0.39 is 24.3 Å². The van der Waals surface area contributed by atoms with Gasteiger partial charge in [-0.15, -0.1) is 0 Å². The highest BCUT2D eigenvalue weighted by Crippen LogP contribution is 2.39. The van der Waals surface area contributed by atoms with E-state index in [4.69, 9.17) is 19.4 Å². The van der Waals surface area contributed by atoms with Crippen molar-refractivity contribution >= 4 is 35.0 Å². The maximum Gasteiger partial charge on any atom is 0.407 e. The van der Waals surface area contributed by atoms with Gasteiger partial charge in [0.2, 0.25) is 11.8 Å². The Morgan fingerprint density at radius 1 is 0.741 bits per heavy atom.